The molecule has 138 valence electrons. The molecule has 1 aliphatic rings. The van der Waals surface area contributed by atoms with E-state index >= 15 is 0 Å². The van der Waals surface area contributed by atoms with Gasteiger partial charge in [0.25, 0.3) is 11.5 Å². The Kier molecular flexibility index (Phi) is 5.11. The van der Waals surface area contributed by atoms with Crippen molar-refractivity contribution >= 4 is 5.91 Å². The number of rotatable bonds is 3. The molecule has 3 rings (SSSR count). The number of carbonyl (C=O) groups is 1. The summed E-state index contributed by atoms with van der Waals surface area (Å²) in [5.41, 5.74) is 1.55. The summed E-state index contributed by atoms with van der Waals surface area (Å²) < 4.78 is 6.53. The summed E-state index contributed by atoms with van der Waals surface area (Å²) in [7, 11) is 1.45. The Morgan fingerprint density at radius 2 is 1.77 bits per heavy atom. The van der Waals surface area contributed by atoms with Crippen LogP contribution >= 0.6 is 0 Å². The largest absolute Gasteiger partial charge is 0.494 e. The lowest BCUT2D eigenvalue weighted by Gasteiger charge is -2.34. The fourth-order valence-electron chi connectivity index (χ4n) is 3.59. The number of benzene rings is 1. The van der Waals surface area contributed by atoms with Gasteiger partial charge in [0.2, 0.25) is 0 Å². The lowest BCUT2D eigenvalue weighted by Crippen LogP contribution is -2.43. The minimum Gasteiger partial charge on any atom is -0.494 e. The third-order valence-electron chi connectivity index (χ3n) is 4.75. The van der Waals surface area contributed by atoms with Crippen LogP contribution in [0.25, 0.3) is 5.69 Å². The quantitative estimate of drug-likeness (QED) is 0.849. The summed E-state index contributed by atoms with van der Waals surface area (Å²) >= 11 is 0. The van der Waals surface area contributed by atoms with E-state index in [4.69, 9.17) is 4.74 Å². The average molecular weight is 355 g/mol. The van der Waals surface area contributed by atoms with Crippen molar-refractivity contribution in [3.8, 4) is 11.4 Å². The Hall–Kier alpha value is -2.63. The van der Waals surface area contributed by atoms with Crippen LogP contribution in [0.4, 0.5) is 0 Å². The van der Waals surface area contributed by atoms with Crippen molar-refractivity contribution in [3.63, 3.8) is 0 Å². The molecule has 0 spiro atoms. The van der Waals surface area contributed by atoms with Crippen LogP contribution in [0, 0.1) is 18.8 Å². The van der Waals surface area contributed by atoms with Crippen LogP contribution in [0.3, 0.4) is 0 Å². The van der Waals surface area contributed by atoms with Gasteiger partial charge < -0.3 is 9.64 Å². The van der Waals surface area contributed by atoms with Crippen LogP contribution in [0.2, 0.25) is 0 Å². The molecule has 6 heteroatoms. The van der Waals surface area contributed by atoms with E-state index in [1.807, 2.05) is 36.1 Å². The van der Waals surface area contributed by atoms with Crippen molar-refractivity contribution in [3.05, 3.63) is 51.9 Å². The molecule has 6 nitrogen and oxygen atoms in total. The van der Waals surface area contributed by atoms with E-state index in [9.17, 15) is 9.59 Å². The van der Waals surface area contributed by atoms with Crippen LogP contribution in [-0.4, -0.2) is 40.8 Å². The first-order valence-electron chi connectivity index (χ1n) is 8.93. The van der Waals surface area contributed by atoms with E-state index in [0.717, 1.165) is 12.0 Å². The maximum absolute atomic E-state index is 13.1. The number of aromatic nitrogens is 2. The molecule has 1 aromatic carbocycles. The third-order valence-corrected chi connectivity index (χ3v) is 4.75. The minimum atomic E-state index is -0.331. The molecule has 1 amide bonds. The van der Waals surface area contributed by atoms with E-state index in [1.165, 1.54) is 17.9 Å². The van der Waals surface area contributed by atoms with Crippen LogP contribution < -0.4 is 10.3 Å². The van der Waals surface area contributed by atoms with E-state index in [-0.39, 0.29) is 22.9 Å². The van der Waals surface area contributed by atoms with Gasteiger partial charge in [0.15, 0.2) is 11.4 Å². The zero-order chi connectivity index (χ0) is 18.8. The second kappa shape index (κ2) is 7.32. The topological polar surface area (TPSA) is 64.4 Å². The van der Waals surface area contributed by atoms with Gasteiger partial charge in [-0.15, -0.1) is 0 Å². The Labute approximate surface area is 153 Å². The number of aryl methyl sites for hydroxylation is 1. The molecule has 2 atom stereocenters. The molecule has 26 heavy (non-hydrogen) atoms. The molecule has 1 saturated heterocycles. The number of amides is 1. The average Bonchev–Trinajstić information content (AvgIpc) is 2.61. The first-order chi connectivity index (χ1) is 12.4. The molecule has 0 N–H and O–H groups in total. The summed E-state index contributed by atoms with van der Waals surface area (Å²) in [6, 6.07) is 8.77. The van der Waals surface area contributed by atoms with Gasteiger partial charge in [-0.25, -0.2) is 0 Å². The zero-order valence-electron chi connectivity index (χ0n) is 15.7. The zero-order valence-corrected chi connectivity index (χ0v) is 15.7. The predicted octanol–water partition coefficient (Wildman–Crippen LogP) is 2.67. The highest BCUT2D eigenvalue weighted by Crippen LogP contribution is 2.24. The number of carbonyl (C=O) groups excluding carboxylic acids is 1. The number of likely N-dealkylation sites (tertiary alicyclic amines) is 1. The molecule has 0 saturated carbocycles. The molecule has 0 radical (unpaired) electrons. The second-order valence-electron chi connectivity index (χ2n) is 7.30. The Morgan fingerprint density at radius 1 is 1.15 bits per heavy atom. The number of nitrogens with zero attached hydrogens (tertiary/aromatic N) is 3. The molecule has 0 aliphatic carbocycles. The monoisotopic (exact) mass is 355 g/mol. The van der Waals surface area contributed by atoms with Crippen molar-refractivity contribution in [1.29, 1.82) is 0 Å². The number of methoxy groups -OCH3 is 1. The highest BCUT2D eigenvalue weighted by molar-refractivity contribution is 5.94. The first kappa shape index (κ1) is 18.2. The molecule has 1 aromatic heterocycles. The number of hydrogen-bond donors (Lipinski definition) is 0. The van der Waals surface area contributed by atoms with Gasteiger partial charge in [-0.1, -0.05) is 31.5 Å². The van der Waals surface area contributed by atoms with Gasteiger partial charge in [-0.3, -0.25) is 9.59 Å². The summed E-state index contributed by atoms with van der Waals surface area (Å²) in [6.45, 7) is 7.65. The third kappa shape index (κ3) is 3.64. The van der Waals surface area contributed by atoms with Gasteiger partial charge in [-0.2, -0.15) is 9.78 Å². The van der Waals surface area contributed by atoms with Crippen LogP contribution in [0.1, 0.15) is 36.3 Å². The van der Waals surface area contributed by atoms with E-state index in [2.05, 4.69) is 18.9 Å². The Morgan fingerprint density at radius 3 is 2.35 bits per heavy atom. The lowest BCUT2D eigenvalue weighted by molar-refractivity contribution is 0.0611. The highest BCUT2D eigenvalue weighted by Gasteiger charge is 2.29. The van der Waals surface area contributed by atoms with Crippen LogP contribution in [0.5, 0.6) is 5.75 Å². The molecular formula is C20H25N3O3. The van der Waals surface area contributed by atoms with Crippen molar-refractivity contribution in [2.75, 3.05) is 20.2 Å². The van der Waals surface area contributed by atoms with Crippen molar-refractivity contribution < 1.29 is 9.53 Å². The number of hydrogen-bond acceptors (Lipinski definition) is 4. The standard InChI is InChI=1S/C20H25N3O3/c1-13-5-7-16(8-6-13)23-18(24)10-17(26-4)19(21-23)20(25)22-11-14(2)9-15(3)12-22/h5-8,10,14-15H,9,11-12H2,1-4H3/t14-,15-/m0/s1. The summed E-state index contributed by atoms with van der Waals surface area (Å²) in [5, 5.41) is 4.36. The highest BCUT2D eigenvalue weighted by atomic mass is 16.5. The van der Waals surface area contributed by atoms with Crippen LogP contribution in [0.15, 0.2) is 35.1 Å². The molecule has 1 fully saturated rings. The molecule has 2 aromatic rings. The van der Waals surface area contributed by atoms with Gasteiger partial charge >= 0.3 is 0 Å². The molecular weight excluding hydrogens is 330 g/mol. The van der Waals surface area contributed by atoms with Crippen LogP contribution in [-0.2, 0) is 0 Å². The van der Waals surface area contributed by atoms with Gasteiger partial charge in [0.05, 0.1) is 18.9 Å². The van der Waals surface area contributed by atoms with Gasteiger partial charge in [0.1, 0.15) is 0 Å². The lowest BCUT2D eigenvalue weighted by atomic mass is 9.92. The molecule has 0 unspecified atom stereocenters. The van der Waals surface area contributed by atoms with Crippen molar-refractivity contribution in [2.24, 2.45) is 11.8 Å². The minimum absolute atomic E-state index is 0.175. The number of ether oxygens (including phenoxy) is 1. The fraction of sp³-hybridized carbons (Fsp3) is 0.450. The fourth-order valence-corrected chi connectivity index (χ4v) is 3.59. The van der Waals surface area contributed by atoms with E-state index in [0.29, 0.717) is 30.6 Å². The Balaban J connectivity index is 2.02. The van der Waals surface area contributed by atoms with Crippen molar-refractivity contribution in [2.45, 2.75) is 27.2 Å². The van der Waals surface area contributed by atoms with Gasteiger partial charge in [-0.05, 0) is 37.3 Å². The van der Waals surface area contributed by atoms with E-state index in [1.54, 1.807) is 0 Å². The Bertz CT molecular complexity index is 848. The molecule has 2 heterocycles. The maximum atomic E-state index is 13.1. The molecule has 0 bridgehead atoms. The predicted molar refractivity (Wildman–Crippen MR) is 100.0 cm³/mol. The maximum Gasteiger partial charge on any atom is 0.278 e. The first-order valence-corrected chi connectivity index (χ1v) is 8.93. The van der Waals surface area contributed by atoms with E-state index < -0.39 is 0 Å². The van der Waals surface area contributed by atoms with Gasteiger partial charge in [0, 0.05) is 13.1 Å². The summed E-state index contributed by atoms with van der Waals surface area (Å²) in [5.74, 6) is 0.906. The summed E-state index contributed by atoms with van der Waals surface area (Å²) in [6.07, 6.45) is 1.11. The normalized spacial score (nSPS) is 20.1. The summed E-state index contributed by atoms with van der Waals surface area (Å²) in [4.78, 5) is 27.3. The second-order valence-corrected chi connectivity index (χ2v) is 7.30. The smallest absolute Gasteiger partial charge is 0.278 e. The molecule has 1 aliphatic heterocycles. The SMILES string of the molecule is COc1cc(=O)n(-c2ccc(C)cc2)nc1C(=O)N1C[C@@H](C)C[C@H](C)C1. The van der Waals surface area contributed by atoms with Crippen molar-refractivity contribution in [1.82, 2.24) is 14.7 Å². The number of piperidine rings is 1.